The van der Waals surface area contributed by atoms with Crippen molar-refractivity contribution in [3.8, 4) is 5.75 Å². The molecule has 1 aliphatic heterocycles. The number of aliphatic hydroxyl groups excluding tert-OH is 1. The van der Waals surface area contributed by atoms with Gasteiger partial charge in [0.25, 0.3) is 5.91 Å². The predicted octanol–water partition coefficient (Wildman–Crippen LogP) is 0.543. The van der Waals surface area contributed by atoms with Crippen molar-refractivity contribution < 1.29 is 29.0 Å². The van der Waals surface area contributed by atoms with Crippen molar-refractivity contribution in [3.05, 3.63) is 41.2 Å². The fourth-order valence-electron chi connectivity index (χ4n) is 4.39. The lowest BCUT2D eigenvalue weighted by molar-refractivity contribution is -0.134. The Labute approximate surface area is 249 Å². The molecule has 0 spiro atoms. The highest BCUT2D eigenvalue weighted by Gasteiger charge is 2.32. The molecule has 230 valence electrons. The number of benzene rings is 1. The molecule has 2 aromatic rings. The maximum atomic E-state index is 13.5. The largest absolute Gasteiger partial charge is 0.491 e. The van der Waals surface area contributed by atoms with Gasteiger partial charge >= 0.3 is 0 Å². The quantitative estimate of drug-likeness (QED) is 0.315. The van der Waals surface area contributed by atoms with Crippen molar-refractivity contribution in [2.24, 2.45) is 5.92 Å². The summed E-state index contributed by atoms with van der Waals surface area (Å²) in [6, 6.07) is 2.01. The first-order valence-electron chi connectivity index (χ1n) is 14.0. The number of carbonyl (C=O) groups is 4. The van der Waals surface area contributed by atoms with Crippen molar-refractivity contribution in [2.45, 2.75) is 77.9 Å². The second-order valence-electron chi connectivity index (χ2n) is 10.8. The molecule has 3 rings (SSSR count). The van der Waals surface area contributed by atoms with Crippen LogP contribution in [0.1, 0.15) is 55.2 Å². The average Bonchev–Trinajstić information content (AvgIpc) is 3.39. The Morgan fingerprint density at radius 3 is 2.50 bits per heavy atom. The van der Waals surface area contributed by atoms with Crippen LogP contribution in [0, 0.1) is 12.8 Å². The number of nitrogens with zero attached hydrogens (tertiary/aromatic N) is 3. The highest BCUT2D eigenvalue weighted by molar-refractivity contribution is 7.98. The molecule has 0 fully saturated rings. The highest BCUT2D eigenvalue weighted by Crippen LogP contribution is 2.21. The van der Waals surface area contributed by atoms with Crippen LogP contribution in [0.4, 0.5) is 0 Å². The van der Waals surface area contributed by atoms with Crippen LogP contribution < -0.4 is 26.0 Å². The zero-order valence-electron chi connectivity index (χ0n) is 24.7. The Balaban J connectivity index is 1.97. The molecule has 42 heavy (non-hydrogen) atoms. The Bertz CT molecular complexity index is 1250. The summed E-state index contributed by atoms with van der Waals surface area (Å²) in [6.45, 7) is 7.56. The Hall–Kier alpha value is -3.65. The van der Waals surface area contributed by atoms with Crippen LogP contribution in [0.25, 0.3) is 0 Å². The molecular formula is C28H41N7O6S. The van der Waals surface area contributed by atoms with E-state index in [-0.39, 0.29) is 31.1 Å². The van der Waals surface area contributed by atoms with Crippen LogP contribution in [0.5, 0.6) is 5.75 Å². The molecule has 2 bridgehead atoms. The second-order valence-corrected chi connectivity index (χ2v) is 11.7. The SMILES string of the molecule is CSCC[C@@H]1NC(=O)c2cc(C)ccc2OCCn2cc(nn2)CNC(=O)[C@H]([C@@H](C)O)NC(=O)[C@@H](CC(C)C)NC1=O. The third kappa shape index (κ3) is 9.44. The molecule has 0 aliphatic carbocycles. The Morgan fingerprint density at radius 2 is 1.81 bits per heavy atom. The van der Waals surface area contributed by atoms with E-state index in [1.165, 1.54) is 18.7 Å². The summed E-state index contributed by atoms with van der Waals surface area (Å²) >= 11 is 1.52. The average molecular weight is 604 g/mol. The minimum Gasteiger partial charge on any atom is -0.491 e. The van der Waals surface area contributed by atoms with Crippen molar-refractivity contribution >= 4 is 35.4 Å². The first-order valence-corrected chi connectivity index (χ1v) is 15.4. The number of thioether (sulfide) groups is 1. The summed E-state index contributed by atoms with van der Waals surface area (Å²) in [5.41, 5.74) is 1.59. The molecule has 0 unspecified atom stereocenters. The van der Waals surface area contributed by atoms with Crippen LogP contribution in [-0.4, -0.2) is 86.6 Å². The third-order valence-corrected chi connectivity index (χ3v) is 7.27. The summed E-state index contributed by atoms with van der Waals surface area (Å²) in [5, 5.41) is 29.3. The molecule has 0 radical (unpaired) electrons. The Morgan fingerprint density at radius 1 is 1.07 bits per heavy atom. The molecule has 13 nitrogen and oxygen atoms in total. The van der Waals surface area contributed by atoms with Gasteiger partial charge in [-0.25, -0.2) is 4.68 Å². The van der Waals surface area contributed by atoms with E-state index in [1.807, 2.05) is 33.1 Å². The minimum absolute atomic E-state index is 0.0132. The van der Waals surface area contributed by atoms with Crippen molar-refractivity contribution in [3.63, 3.8) is 0 Å². The maximum Gasteiger partial charge on any atom is 0.255 e. The Kier molecular flexibility index (Phi) is 12.2. The summed E-state index contributed by atoms with van der Waals surface area (Å²) in [4.78, 5) is 53.3. The molecule has 5 N–H and O–H groups in total. The van der Waals surface area contributed by atoms with Gasteiger partial charge in [0, 0.05) is 0 Å². The van der Waals surface area contributed by atoms with Crippen molar-refractivity contribution in [1.29, 1.82) is 0 Å². The maximum absolute atomic E-state index is 13.5. The van der Waals surface area contributed by atoms with Gasteiger partial charge < -0.3 is 31.1 Å². The topological polar surface area (TPSA) is 177 Å². The molecular weight excluding hydrogens is 562 g/mol. The predicted molar refractivity (Wildman–Crippen MR) is 158 cm³/mol. The number of ether oxygens (including phenoxy) is 1. The molecule has 1 aliphatic rings. The molecule has 14 heteroatoms. The summed E-state index contributed by atoms with van der Waals surface area (Å²) in [6.07, 6.45) is 2.92. The zero-order chi connectivity index (χ0) is 30.8. The monoisotopic (exact) mass is 603 g/mol. The normalized spacial score (nSPS) is 21.7. The fourth-order valence-corrected chi connectivity index (χ4v) is 4.86. The smallest absolute Gasteiger partial charge is 0.255 e. The minimum atomic E-state index is -1.27. The molecule has 2 heterocycles. The first-order chi connectivity index (χ1) is 20.0. The van der Waals surface area contributed by atoms with Gasteiger partial charge in [-0.3, -0.25) is 19.2 Å². The molecule has 1 aromatic carbocycles. The van der Waals surface area contributed by atoms with Gasteiger partial charge in [-0.1, -0.05) is 30.7 Å². The molecule has 0 saturated heterocycles. The molecule has 0 saturated carbocycles. The third-order valence-electron chi connectivity index (χ3n) is 6.62. The summed E-state index contributed by atoms with van der Waals surface area (Å²) in [5.74, 6) is -1.30. The van der Waals surface area contributed by atoms with Crippen molar-refractivity contribution in [2.75, 3.05) is 18.6 Å². The molecule has 1 aromatic heterocycles. The number of hydrogen-bond acceptors (Lipinski definition) is 9. The number of nitrogens with one attached hydrogen (secondary N) is 4. The lowest BCUT2D eigenvalue weighted by atomic mass is 10.0. The number of aliphatic hydroxyl groups is 1. The number of fused-ring (bicyclic) bond motifs is 3. The number of aromatic nitrogens is 3. The molecule has 4 atom stereocenters. The van der Waals surface area contributed by atoms with Crippen molar-refractivity contribution in [1.82, 2.24) is 36.3 Å². The van der Waals surface area contributed by atoms with Crippen LogP contribution in [0.15, 0.2) is 24.4 Å². The summed E-state index contributed by atoms with van der Waals surface area (Å²) < 4.78 is 7.48. The summed E-state index contributed by atoms with van der Waals surface area (Å²) in [7, 11) is 0. The number of aryl methyl sites for hydroxylation is 1. The van der Waals surface area contributed by atoms with E-state index in [9.17, 15) is 24.3 Å². The lowest BCUT2D eigenvalue weighted by Crippen LogP contribution is -2.59. The standard InChI is InChI=1S/C28H41N7O6S/c1-16(2)12-22-27(39)32-24(18(4)36)28(40)29-14-19-15-35(34-33-19)9-10-41-23-7-6-17(3)13-20(23)25(37)30-21(8-11-42-5)26(38)31-22/h6-7,13,15-16,18,21-22,24,36H,8-12,14H2,1-5H3,(H,29,40)(H,30,37)(H,31,38)(H,32,39)/t18-,21+,22-,24+/m1/s1. The van der Waals surface area contributed by atoms with Gasteiger partial charge in [-0.15, -0.1) is 5.10 Å². The van der Waals surface area contributed by atoms with Gasteiger partial charge in [0.05, 0.1) is 31.0 Å². The number of amides is 4. The van der Waals surface area contributed by atoms with Gasteiger partial charge in [0.2, 0.25) is 17.7 Å². The fraction of sp³-hybridized carbons (Fsp3) is 0.571. The van der Waals surface area contributed by atoms with E-state index in [0.717, 1.165) is 5.56 Å². The van der Waals surface area contributed by atoms with Gasteiger partial charge in [-0.2, -0.15) is 11.8 Å². The zero-order valence-corrected chi connectivity index (χ0v) is 25.5. The number of carbonyl (C=O) groups excluding carboxylic acids is 4. The molecule has 4 amide bonds. The van der Waals surface area contributed by atoms with Gasteiger partial charge in [-0.05, 0) is 56.7 Å². The highest BCUT2D eigenvalue weighted by atomic mass is 32.2. The van der Waals surface area contributed by atoms with Crippen LogP contribution in [0.3, 0.4) is 0 Å². The van der Waals surface area contributed by atoms with E-state index in [1.54, 1.807) is 23.0 Å². The van der Waals surface area contributed by atoms with E-state index in [4.69, 9.17) is 4.74 Å². The van der Waals surface area contributed by atoms with Crippen LogP contribution in [0.2, 0.25) is 0 Å². The van der Waals surface area contributed by atoms with E-state index < -0.39 is 47.9 Å². The van der Waals surface area contributed by atoms with E-state index >= 15 is 0 Å². The van der Waals surface area contributed by atoms with Gasteiger partial charge in [0.15, 0.2) is 0 Å². The first kappa shape index (κ1) is 32.9. The van der Waals surface area contributed by atoms with E-state index in [0.29, 0.717) is 30.2 Å². The number of rotatable bonds is 6. The van der Waals surface area contributed by atoms with Gasteiger partial charge in [0.1, 0.15) is 36.2 Å². The lowest BCUT2D eigenvalue weighted by Gasteiger charge is -2.27. The second kappa shape index (κ2) is 15.5. The van der Waals surface area contributed by atoms with Crippen LogP contribution >= 0.6 is 11.8 Å². The number of hydrogen-bond donors (Lipinski definition) is 5. The van der Waals surface area contributed by atoms with Crippen LogP contribution in [-0.2, 0) is 27.5 Å². The van der Waals surface area contributed by atoms with E-state index in [2.05, 4.69) is 31.6 Å².